The van der Waals surface area contributed by atoms with Crippen molar-refractivity contribution in [3.63, 3.8) is 0 Å². The average Bonchev–Trinajstić information content (AvgIpc) is 2.71. The molecule has 19 heavy (non-hydrogen) atoms. The van der Waals surface area contributed by atoms with E-state index in [0.717, 1.165) is 24.8 Å². The van der Waals surface area contributed by atoms with Gasteiger partial charge < -0.3 is 16.2 Å². The van der Waals surface area contributed by atoms with Crippen molar-refractivity contribution in [2.45, 2.75) is 45.2 Å². The Morgan fingerprint density at radius 1 is 1.58 bits per heavy atom. The van der Waals surface area contributed by atoms with Crippen LogP contribution in [0.15, 0.2) is 24.3 Å². The number of rotatable bonds is 3. The maximum Gasteiger partial charge on any atom is 0.227 e. The highest BCUT2D eigenvalue weighted by atomic mass is 16.3. The van der Waals surface area contributed by atoms with E-state index in [1.54, 1.807) is 18.2 Å². The molecule has 1 amide bonds. The van der Waals surface area contributed by atoms with Gasteiger partial charge >= 0.3 is 0 Å². The van der Waals surface area contributed by atoms with Crippen molar-refractivity contribution >= 4 is 5.91 Å². The lowest BCUT2D eigenvalue weighted by Crippen LogP contribution is -2.47. The van der Waals surface area contributed by atoms with Gasteiger partial charge in [-0.25, -0.2) is 0 Å². The molecule has 4 N–H and O–H groups in total. The van der Waals surface area contributed by atoms with Gasteiger partial charge in [0.1, 0.15) is 5.75 Å². The number of phenolic OH excluding ortho intramolecular Hbond substituents is 1. The largest absolute Gasteiger partial charge is 0.508 e. The molecule has 1 aliphatic carbocycles. The molecule has 1 saturated carbocycles. The number of nitrogens with one attached hydrogen (secondary N) is 1. The van der Waals surface area contributed by atoms with Gasteiger partial charge in [-0.1, -0.05) is 18.6 Å². The van der Waals surface area contributed by atoms with Crippen LogP contribution in [0.2, 0.25) is 0 Å². The summed E-state index contributed by atoms with van der Waals surface area (Å²) in [6.45, 7) is 3.85. The van der Waals surface area contributed by atoms with Gasteiger partial charge in [0.05, 0.1) is 11.5 Å². The summed E-state index contributed by atoms with van der Waals surface area (Å²) in [6.07, 6.45) is 2.75. The molecule has 4 heteroatoms. The predicted molar refractivity (Wildman–Crippen MR) is 74.6 cm³/mol. The van der Waals surface area contributed by atoms with Crippen LogP contribution in [0.5, 0.6) is 5.75 Å². The van der Waals surface area contributed by atoms with Crippen LogP contribution in [0.25, 0.3) is 0 Å². The number of carbonyl (C=O) groups is 1. The molecule has 1 aliphatic rings. The fourth-order valence-corrected chi connectivity index (χ4v) is 2.71. The van der Waals surface area contributed by atoms with Crippen LogP contribution >= 0.6 is 0 Å². The third-order valence-electron chi connectivity index (χ3n) is 4.27. The van der Waals surface area contributed by atoms with Crippen molar-refractivity contribution in [1.29, 1.82) is 0 Å². The van der Waals surface area contributed by atoms with Gasteiger partial charge in [-0.3, -0.25) is 4.79 Å². The summed E-state index contributed by atoms with van der Waals surface area (Å²) in [7, 11) is 0. The zero-order valence-corrected chi connectivity index (χ0v) is 11.5. The Bertz CT molecular complexity index is 475. The first-order chi connectivity index (χ1) is 8.93. The normalized spacial score (nSPS) is 28.1. The number of benzene rings is 1. The molecule has 0 radical (unpaired) electrons. The van der Waals surface area contributed by atoms with Crippen molar-refractivity contribution < 1.29 is 9.90 Å². The van der Waals surface area contributed by atoms with E-state index in [4.69, 9.17) is 5.73 Å². The van der Waals surface area contributed by atoms with Gasteiger partial charge in [-0.15, -0.1) is 0 Å². The molecule has 0 bridgehead atoms. The summed E-state index contributed by atoms with van der Waals surface area (Å²) in [6, 6.07) is 6.75. The summed E-state index contributed by atoms with van der Waals surface area (Å²) in [5.41, 5.74) is 6.48. The van der Waals surface area contributed by atoms with E-state index in [1.165, 1.54) is 0 Å². The van der Waals surface area contributed by atoms with Crippen molar-refractivity contribution in [2.75, 3.05) is 0 Å². The van der Waals surface area contributed by atoms with Crippen LogP contribution in [0.4, 0.5) is 0 Å². The maximum atomic E-state index is 12.4. The lowest BCUT2D eigenvalue weighted by Gasteiger charge is -2.29. The van der Waals surface area contributed by atoms with E-state index >= 15 is 0 Å². The monoisotopic (exact) mass is 262 g/mol. The standard InChI is InChI=1S/C15H22N2O2/c1-10(11-5-3-6-12(18)9-11)17-14(19)15(2)8-4-7-13(15)16/h3,5-6,9-10,13,18H,4,7-8,16H2,1-2H3,(H,17,19). The minimum Gasteiger partial charge on any atom is -0.508 e. The fourth-order valence-electron chi connectivity index (χ4n) is 2.71. The highest BCUT2D eigenvalue weighted by Gasteiger charge is 2.43. The number of amides is 1. The van der Waals surface area contributed by atoms with E-state index in [2.05, 4.69) is 5.32 Å². The zero-order chi connectivity index (χ0) is 14.0. The van der Waals surface area contributed by atoms with E-state index in [0.29, 0.717) is 0 Å². The number of hydrogen-bond acceptors (Lipinski definition) is 3. The Kier molecular flexibility index (Phi) is 3.80. The number of phenols is 1. The van der Waals surface area contributed by atoms with Crippen LogP contribution in [0.1, 0.15) is 44.7 Å². The van der Waals surface area contributed by atoms with E-state index in [1.807, 2.05) is 19.9 Å². The molecule has 104 valence electrons. The SMILES string of the molecule is CC(NC(=O)C1(C)CCCC1N)c1cccc(O)c1. The number of hydrogen-bond donors (Lipinski definition) is 3. The van der Waals surface area contributed by atoms with E-state index in [9.17, 15) is 9.90 Å². The molecule has 0 saturated heterocycles. The Labute approximate surface area is 114 Å². The molecule has 1 aromatic rings. The molecule has 0 aliphatic heterocycles. The molecule has 0 aromatic heterocycles. The third-order valence-corrected chi connectivity index (χ3v) is 4.27. The number of aromatic hydroxyl groups is 1. The third kappa shape index (κ3) is 2.73. The Morgan fingerprint density at radius 2 is 2.32 bits per heavy atom. The second-order valence-corrected chi connectivity index (χ2v) is 5.71. The van der Waals surface area contributed by atoms with E-state index < -0.39 is 5.41 Å². The van der Waals surface area contributed by atoms with E-state index in [-0.39, 0.29) is 23.7 Å². The summed E-state index contributed by atoms with van der Waals surface area (Å²) in [5.74, 6) is 0.218. The molecule has 2 rings (SSSR count). The van der Waals surface area contributed by atoms with Crippen LogP contribution < -0.4 is 11.1 Å². The van der Waals surface area contributed by atoms with Gasteiger partial charge in [0.2, 0.25) is 5.91 Å². The van der Waals surface area contributed by atoms with Gasteiger partial charge in [0, 0.05) is 6.04 Å². The van der Waals surface area contributed by atoms with Gasteiger partial charge in [0.25, 0.3) is 0 Å². The summed E-state index contributed by atoms with van der Waals surface area (Å²) in [5, 5.41) is 12.5. The smallest absolute Gasteiger partial charge is 0.227 e. The van der Waals surface area contributed by atoms with Gasteiger partial charge in [-0.2, -0.15) is 0 Å². The highest BCUT2D eigenvalue weighted by molar-refractivity contribution is 5.83. The Balaban J connectivity index is 2.07. The van der Waals surface area contributed by atoms with Crippen LogP contribution in [0.3, 0.4) is 0 Å². The zero-order valence-electron chi connectivity index (χ0n) is 11.5. The minimum atomic E-state index is -0.467. The molecule has 3 unspecified atom stereocenters. The van der Waals surface area contributed by atoms with Crippen molar-refractivity contribution in [3.8, 4) is 5.75 Å². The first kappa shape index (κ1) is 13.9. The first-order valence-corrected chi connectivity index (χ1v) is 6.79. The highest BCUT2D eigenvalue weighted by Crippen LogP contribution is 2.37. The predicted octanol–water partition coefficient (Wildman–Crippen LogP) is 2.09. The summed E-state index contributed by atoms with van der Waals surface area (Å²) in [4.78, 5) is 12.4. The maximum absolute atomic E-state index is 12.4. The van der Waals surface area contributed by atoms with Crippen LogP contribution in [-0.4, -0.2) is 17.1 Å². The second kappa shape index (κ2) is 5.21. The molecule has 1 fully saturated rings. The van der Waals surface area contributed by atoms with Crippen LogP contribution in [-0.2, 0) is 4.79 Å². The molecular weight excluding hydrogens is 240 g/mol. The number of carbonyl (C=O) groups excluding carboxylic acids is 1. The molecule has 1 aromatic carbocycles. The number of nitrogens with two attached hydrogens (primary N) is 1. The van der Waals surface area contributed by atoms with Crippen molar-refractivity contribution in [3.05, 3.63) is 29.8 Å². The van der Waals surface area contributed by atoms with Gasteiger partial charge in [-0.05, 0) is 44.4 Å². The molecule has 0 heterocycles. The fraction of sp³-hybridized carbons (Fsp3) is 0.533. The lowest BCUT2D eigenvalue weighted by molar-refractivity contribution is -0.131. The lowest BCUT2D eigenvalue weighted by atomic mass is 9.84. The van der Waals surface area contributed by atoms with Gasteiger partial charge in [0.15, 0.2) is 0 Å². The van der Waals surface area contributed by atoms with Crippen LogP contribution in [0, 0.1) is 5.41 Å². The average molecular weight is 262 g/mol. The van der Waals surface area contributed by atoms with Crippen molar-refractivity contribution in [2.24, 2.45) is 11.1 Å². The Hall–Kier alpha value is -1.55. The Morgan fingerprint density at radius 3 is 2.89 bits per heavy atom. The van der Waals surface area contributed by atoms with Crippen molar-refractivity contribution in [1.82, 2.24) is 5.32 Å². The molecular formula is C15H22N2O2. The minimum absolute atomic E-state index is 0.00772. The summed E-state index contributed by atoms with van der Waals surface area (Å²) < 4.78 is 0. The first-order valence-electron chi connectivity index (χ1n) is 6.79. The summed E-state index contributed by atoms with van der Waals surface area (Å²) >= 11 is 0. The quantitative estimate of drug-likeness (QED) is 0.780. The molecule has 0 spiro atoms. The topological polar surface area (TPSA) is 75.4 Å². The molecule has 3 atom stereocenters. The second-order valence-electron chi connectivity index (χ2n) is 5.71. The molecule has 4 nitrogen and oxygen atoms in total.